The van der Waals surface area contributed by atoms with E-state index in [2.05, 4.69) is 10.3 Å². The molecule has 0 aliphatic rings. The van der Waals surface area contributed by atoms with E-state index >= 15 is 0 Å². The molecule has 0 saturated heterocycles. The summed E-state index contributed by atoms with van der Waals surface area (Å²) in [5.74, 6) is -0.280. The van der Waals surface area contributed by atoms with E-state index in [1.54, 1.807) is 18.3 Å². The van der Waals surface area contributed by atoms with Crippen LogP contribution in [0.3, 0.4) is 0 Å². The van der Waals surface area contributed by atoms with Gasteiger partial charge in [0.1, 0.15) is 11.5 Å². The summed E-state index contributed by atoms with van der Waals surface area (Å²) in [5.41, 5.74) is 2.93. The predicted octanol–water partition coefficient (Wildman–Crippen LogP) is 2.75. The number of anilines is 1. The van der Waals surface area contributed by atoms with Gasteiger partial charge in [0.25, 0.3) is 5.56 Å². The lowest BCUT2D eigenvalue weighted by atomic mass is 10.3. The van der Waals surface area contributed by atoms with Crippen molar-refractivity contribution >= 4 is 11.3 Å². The van der Waals surface area contributed by atoms with Crippen molar-refractivity contribution in [3.63, 3.8) is 0 Å². The minimum atomic E-state index is -0.280. The lowest BCUT2D eigenvalue weighted by Crippen LogP contribution is -2.17. The zero-order valence-electron chi connectivity index (χ0n) is 11.5. The molecule has 0 aliphatic heterocycles. The zero-order chi connectivity index (χ0) is 14.8. The highest BCUT2D eigenvalue weighted by Crippen LogP contribution is 2.10. The van der Waals surface area contributed by atoms with Crippen LogP contribution in [0, 0.1) is 12.7 Å². The second-order valence-corrected chi connectivity index (χ2v) is 4.88. The Morgan fingerprint density at radius 2 is 1.95 bits per heavy atom. The highest BCUT2D eigenvalue weighted by molar-refractivity contribution is 5.44. The molecule has 106 valence electrons. The maximum Gasteiger partial charge on any atom is 0.258 e. The van der Waals surface area contributed by atoms with Crippen LogP contribution in [0.15, 0.2) is 53.5 Å². The number of aromatic nitrogens is 2. The first-order valence-electron chi connectivity index (χ1n) is 6.60. The van der Waals surface area contributed by atoms with E-state index in [4.69, 9.17) is 0 Å². The summed E-state index contributed by atoms with van der Waals surface area (Å²) in [6.07, 6.45) is 1.77. The molecule has 0 radical (unpaired) electrons. The molecular formula is C16H14FN3O. The van der Waals surface area contributed by atoms with Crippen molar-refractivity contribution in [2.45, 2.75) is 13.5 Å². The molecule has 0 amide bonds. The molecule has 3 rings (SSSR count). The number of hydrogen-bond acceptors (Lipinski definition) is 3. The second-order valence-electron chi connectivity index (χ2n) is 4.88. The lowest BCUT2D eigenvalue weighted by molar-refractivity contribution is 0.628. The first-order valence-corrected chi connectivity index (χ1v) is 6.60. The summed E-state index contributed by atoms with van der Waals surface area (Å²) in [4.78, 5) is 16.5. The molecule has 4 nitrogen and oxygen atoms in total. The van der Waals surface area contributed by atoms with Gasteiger partial charge in [-0.1, -0.05) is 6.07 Å². The second kappa shape index (κ2) is 5.36. The summed E-state index contributed by atoms with van der Waals surface area (Å²) < 4.78 is 14.4. The topological polar surface area (TPSA) is 46.4 Å². The molecule has 0 atom stereocenters. The Kier molecular flexibility index (Phi) is 3.39. The molecule has 0 bridgehead atoms. The number of hydrogen-bond donors (Lipinski definition) is 1. The number of benzene rings is 1. The van der Waals surface area contributed by atoms with Crippen molar-refractivity contribution in [3.8, 4) is 0 Å². The molecule has 21 heavy (non-hydrogen) atoms. The molecule has 0 spiro atoms. The van der Waals surface area contributed by atoms with Crippen molar-refractivity contribution in [3.05, 3.63) is 76.1 Å². The zero-order valence-corrected chi connectivity index (χ0v) is 11.5. The van der Waals surface area contributed by atoms with E-state index in [0.717, 1.165) is 11.3 Å². The quantitative estimate of drug-likeness (QED) is 0.804. The van der Waals surface area contributed by atoms with Gasteiger partial charge in [0.05, 0.1) is 12.2 Å². The maximum atomic E-state index is 12.8. The highest BCUT2D eigenvalue weighted by Gasteiger charge is 2.03. The molecular weight excluding hydrogens is 269 g/mol. The molecule has 0 saturated carbocycles. The van der Waals surface area contributed by atoms with Crippen LogP contribution in [0.1, 0.15) is 11.3 Å². The average molecular weight is 283 g/mol. The van der Waals surface area contributed by atoms with Crippen LogP contribution in [0.2, 0.25) is 0 Å². The van der Waals surface area contributed by atoms with Crippen LogP contribution in [0.4, 0.5) is 10.1 Å². The molecule has 1 aromatic carbocycles. The molecule has 0 unspecified atom stereocenters. The Hall–Kier alpha value is -2.69. The van der Waals surface area contributed by atoms with Crippen molar-refractivity contribution in [2.24, 2.45) is 0 Å². The number of fused-ring (bicyclic) bond motifs is 1. The van der Waals surface area contributed by atoms with E-state index in [1.165, 1.54) is 22.6 Å². The third-order valence-corrected chi connectivity index (χ3v) is 3.18. The standard InChI is InChI=1S/C16H14FN3O/c1-11-2-7-15-19-14(8-16(21)20(15)10-11)9-18-13-5-3-12(17)4-6-13/h2-8,10,18H,9H2,1H3. The number of aryl methyl sites for hydroxylation is 1. The van der Waals surface area contributed by atoms with E-state index in [9.17, 15) is 9.18 Å². The number of pyridine rings is 1. The molecule has 2 aromatic heterocycles. The summed E-state index contributed by atoms with van der Waals surface area (Å²) in [6.45, 7) is 2.33. The monoisotopic (exact) mass is 283 g/mol. The fourth-order valence-corrected chi connectivity index (χ4v) is 2.11. The fraction of sp³-hybridized carbons (Fsp3) is 0.125. The van der Waals surface area contributed by atoms with Crippen LogP contribution in [-0.4, -0.2) is 9.38 Å². The minimum absolute atomic E-state index is 0.111. The van der Waals surface area contributed by atoms with Crippen LogP contribution < -0.4 is 10.9 Å². The maximum absolute atomic E-state index is 12.8. The van der Waals surface area contributed by atoms with Gasteiger partial charge in [-0.3, -0.25) is 9.20 Å². The number of rotatable bonds is 3. The number of nitrogens with zero attached hydrogens (tertiary/aromatic N) is 2. The van der Waals surface area contributed by atoms with Crippen LogP contribution >= 0.6 is 0 Å². The Morgan fingerprint density at radius 1 is 1.19 bits per heavy atom. The van der Waals surface area contributed by atoms with E-state index in [0.29, 0.717) is 17.9 Å². The molecule has 5 heteroatoms. The SMILES string of the molecule is Cc1ccc2nc(CNc3ccc(F)cc3)cc(=O)n2c1. The summed E-state index contributed by atoms with van der Waals surface area (Å²) in [5, 5.41) is 3.11. The first kappa shape index (κ1) is 13.3. The van der Waals surface area contributed by atoms with Gasteiger partial charge in [-0.2, -0.15) is 0 Å². The number of nitrogens with one attached hydrogen (secondary N) is 1. The third kappa shape index (κ3) is 2.91. The molecule has 3 aromatic rings. The van der Waals surface area contributed by atoms with Crippen molar-refractivity contribution in [2.75, 3.05) is 5.32 Å². The largest absolute Gasteiger partial charge is 0.379 e. The van der Waals surface area contributed by atoms with Crippen LogP contribution in [0.25, 0.3) is 5.65 Å². The van der Waals surface area contributed by atoms with Gasteiger partial charge in [-0.15, -0.1) is 0 Å². The fourth-order valence-electron chi connectivity index (χ4n) is 2.11. The molecule has 0 fully saturated rings. The summed E-state index contributed by atoms with van der Waals surface area (Å²) in [7, 11) is 0. The molecule has 1 N–H and O–H groups in total. The smallest absolute Gasteiger partial charge is 0.258 e. The normalized spacial score (nSPS) is 10.8. The minimum Gasteiger partial charge on any atom is -0.379 e. The van der Waals surface area contributed by atoms with Gasteiger partial charge in [-0.05, 0) is 42.8 Å². The van der Waals surface area contributed by atoms with E-state index in [1.807, 2.05) is 19.1 Å². The number of halogens is 1. The third-order valence-electron chi connectivity index (χ3n) is 3.18. The Bertz CT molecular complexity index is 840. The van der Waals surface area contributed by atoms with Crippen molar-refractivity contribution in [1.29, 1.82) is 0 Å². The van der Waals surface area contributed by atoms with E-state index < -0.39 is 0 Å². The van der Waals surface area contributed by atoms with Crippen molar-refractivity contribution < 1.29 is 4.39 Å². The van der Waals surface area contributed by atoms with Crippen molar-refractivity contribution in [1.82, 2.24) is 9.38 Å². The van der Waals surface area contributed by atoms with Crippen LogP contribution in [-0.2, 0) is 6.54 Å². The Morgan fingerprint density at radius 3 is 2.71 bits per heavy atom. The molecule has 2 heterocycles. The van der Waals surface area contributed by atoms with Gasteiger partial charge in [0.2, 0.25) is 0 Å². The Labute approximate surface area is 120 Å². The van der Waals surface area contributed by atoms with Gasteiger partial charge in [0.15, 0.2) is 0 Å². The summed E-state index contributed by atoms with van der Waals surface area (Å²) >= 11 is 0. The van der Waals surface area contributed by atoms with Gasteiger partial charge in [-0.25, -0.2) is 9.37 Å². The average Bonchev–Trinajstić information content (AvgIpc) is 2.47. The summed E-state index contributed by atoms with van der Waals surface area (Å²) in [6, 6.07) is 11.3. The van der Waals surface area contributed by atoms with Gasteiger partial charge in [0, 0.05) is 18.0 Å². The lowest BCUT2D eigenvalue weighted by Gasteiger charge is -2.07. The predicted molar refractivity (Wildman–Crippen MR) is 79.9 cm³/mol. The van der Waals surface area contributed by atoms with Gasteiger partial charge < -0.3 is 5.32 Å². The Balaban J connectivity index is 1.86. The first-order chi connectivity index (χ1) is 10.1. The highest BCUT2D eigenvalue weighted by atomic mass is 19.1. The molecule has 0 aliphatic carbocycles. The van der Waals surface area contributed by atoms with E-state index in [-0.39, 0.29) is 11.4 Å². The van der Waals surface area contributed by atoms with Gasteiger partial charge >= 0.3 is 0 Å². The van der Waals surface area contributed by atoms with Crippen LogP contribution in [0.5, 0.6) is 0 Å².